The zero-order chi connectivity index (χ0) is 10.7. The van der Waals surface area contributed by atoms with Crippen molar-refractivity contribution in [2.75, 3.05) is 26.5 Å². The minimum absolute atomic E-state index is 0.193. The third-order valence-corrected chi connectivity index (χ3v) is 3.07. The Bertz CT molecular complexity index is 318. The summed E-state index contributed by atoms with van der Waals surface area (Å²) in [5.74, 6) is 2.44. The second-order valence-electron chi connectivity index (χ2n) is 3.52. The van der Waals surface area contributed by atoms with E-state index in [0.29, 0.717) is 19.1 Å². The lowest BCUT2D eigenvalue weighted by atomic mass is 10.0. The predicted molar refractivity (Wildman–Crippen MR) is 57.9 cm³/mol. The molecule has 1 fully saturated rings. The molecule has 0 bridgehead atoms. The van der Waals surface area contributed by atoms with Crippen molar-refractivity contribution in [3.63, 3.8) is 0 Å². The molecular weight excluding hydrogens is 214 g/mol. The van der Waals surface area contributed by atoms with Crippen molar-refractivity contribution in [2.24, 2.45) is 0 Å². The molecule has 84 valence electrons. The molecule has 15 heavy (non-hydrogen) atoms. The van der Waals surface area contributed by atoms with Crippen molar-refractivity contribution in [1.29, 1.82) is 0 Å². The molecular formula is C9H15N3O2S. The van der Waals surface area contributed by atoms with E-state index in [-0.39, 0.29) is 12.0 Å². The van der Waals surface area contributed by atoms with E-state index in [9.17, 15) is 0 Å². The SMILES string of the molecule is CNC1COCC1c1nc(CSC)no1. The zero-order valence-electron chi connectivity index (χ0n) is 8.90. The van der Waals surface area contributed by atoms with Crippen LogP contribution in [0.3, 0.4) is 0 Å². The minimum Gasteiger partial charge on any atom is -0.379 e. The number of aromatic nitrogens is 2. The summed E-state index contributed by atoms with van der Waals surface area (Å²) in [5, 5.41) is 7.12. The number of nitrogens with one attached hydrogen (secondary N) is 1. The molecule has 0 radical (unpaired) electrons. The monoisotopic (exact) mass is 229 g/mol. The first-order valence-electron chi connectivity index (χ1n) is 4.91. The third-order valence-electron chi connectivity index (χ3n) is 2.53. The van der Waals surface area contributed by atoms with Crippen molar-refractivity contribution in [1.82, 2.24) is 15.5 Å². The van der Waals surface area contributed by atoms with Gasteiger partial charge in [0.2, 0.25) is 5.89 Å². The van der Waals surface area contributed by atoms with Crippen molar-refractivity contribution >= 4 is 11.8 Å². The maximum atomic E-state index is 5.39. The molecule has 0 amide bonds. The van der Waals surface area contributed by atoms with Crippen LogP contribution in [0.15, 0.2) is 4.52 Å². The standard InChI is InChI=1S/C9H15N3O2S/c1-10-7-4-13-3-6(7)9-11-8(5-15-2)12-14-9/h6-7,10H,3-5H2,1-2H3. The fourth-order valence-corrected chi connectivity index (χ4v) is 2.06. The molecule has 2 unspecified atom stereocenters. The molecule has 0 spiro atoms. The second kappa shape index (κ2) is 4.96. The first-order valence-corrected chi connectivity index (χ1v) is 6.31. The second-order valence-corrected chi connectivity index (χ2v) is 4.39. The molecule has 2 heterocycles. The normalized spacial score (nSPS) is 26.0. The molecule has 2 rings (SSSR count). The predicted octanol–water partition coefficient (Wildman–Crippen LogP) is 0.634. The van der Waals surface area contributed by atoms with Crippen LogP contribution in [0.5, 0.6) is 0 Å². The Labute approximate surface area is 93.0 Å². The lowest BCUT2D eigenvalue weighted by Gasteiger charge is -2.11. The molecule has 0 aliphatic carbocycles. The van der Waals surface area contributed by atoms with Crippen LogP contribution in [0.1, 0.15) is 17.6 Å². The van der Waals surface area contributed by atoms with Crippen LogP contribution in [0.2, 0.25) is 0 Å². The summed E-state index contributed by atoms with van der Waals surface area (Å²) in [7, 11) is 1.92. The maximum Gasteiger partial charge on any atom is 0.233 e. The fraction of sp³-hybridized carbons (Fsp3) is 0.778. The van der Waals surface area contributed by atoms with E-state index in [2.05, 4.69) is 15.5 Å². The number of nitrogens with zero attached hydrogens (tertiary/aromatic N) is 2. The first-order chi connectivity index (χ1) is 7.35. The number of likely N-dealkylation sites (N-methyl/N-ethyl adjacent to an activating group) is 1. The Morgan fingerprint density at radius 1 is 1.53 bits per heavy atom. The number of rotatable bonds is 4. The average Bonchev–Trinajstić information content (AvgIpc) is 2.84. The topological polar surface area (TPSA) is 60.2 Å². The average molecular weight is 229 g/mol. The maximum absolute atomic E-state index is 5.39. The fourth-order valence-electron chi connectivity index (χ4n) is 1.69. The van der Waals surface area contributed by atoms with Gasteiger partial charge in [-0.25, -0.2) is 0 Å². The summed E-state index contributed by atoms with van der Waals surface area (Å²) in [6.45, 7) is 1.37. The van der Waals surface area contributed by atoms with Gasteiger partial charge in [-0.2, -0.15) is 16.7 Å². The Morgan fingerprint density at radius 3 is 3.13 bits per heavy atom. The van der Waals surface area contributed by atoms with E-state index in [1.54, 1.807) is 11.8 Å². The molecule has 1 saturated heterocycles. The number of ether oxygens (including phenoxy) is 1. The van der Waals surface area contributed by atoms with Gasteiger partial charge in [0, 0.05) is 6.04 Å². The number of hydrogen-bond acceptors (Lipinski definition) is 6. The van der Waals surface area contributed by atoms with Gasteiger partial charge in [0.25, 0.3) is 0 Å². The molecule has 1 aromatic heterocycles. The van der Waals surface area contributed by atoms with Crippen LogP contribution in [-0.2, 0) is 10.5 Å². The Balaban J connectivity index is 2.07. The molecule has 5 nitrogen and oxygen atoms in total. The summed E-state index contributed by atoms with van der Waals surface area (Å²) in [5.41, 5.74) is 0. The van der Waals surface area contributed by atoms with Gasteiger partial charge in [-0.1, -0.05) is 5.16 Å². The van der Waals surface area contributed by atoms with Gasteiger partial charge < -0.3 is 14.6 Å². The van der Waals surface area contributed by atoms with Crippen LogP contribution in [0.25, 0.3) is 0 Å². The highest BCUT2D eigenvalue weighted by atomic mass is 32.2. The number of hydrogen-bond donors (Lipinski definition) is 1. The lowest BCUT2D eigenvalue weighted by molar-refractivity contribution is 0.185. The Morgan fingerprint density at radius 2 is 2.40 bits per heavy atom. The first kappa shape index (κ1) is 10.9. The highest BCUT2D eigenvalue weighted by Gasteiger charge is 2.32. The van der Waals surface area contributed by atoms with Crippen LogP contribution in [-0.4, -0.2) is 42.7 Å². The van der Waals surface area contributed by atoms with Crippen LogP contribution >= 0.6 is 11.8 Å². The summed E-state index contributed by atoms with van der Waals surface area (Å²) >= 11 is 1.69. The largest absolute Gasteiger partial charge is 0.379 e. The summed E-state index contributed by atoms with van der Waals surface area (Å²) in [6.07, 6.45) is 2.02. The smallest absolute Gasteiger partial charge is 0.233 e. The summed E-state index contributed by atoms with van der Waals surface area (Å²) in [4.78, 5) is 4.36. The molecule has 6 heteroatoms. The Hall–Kier alpha value is -0.590. The van der Waals surface area contributed by atoms with Gasteiger partial charge in [0.05, 0.1) is 24.9 Å². The van der Waals surface area contributed by atoms with E-state index in [1.807, 2.05) is 13.3 Å². The van der Waals surface area contributed by atoms with Gasteiger partial charge in [0.1, 0.15) is 0 Å². The van der Waals surface area contributed by atoms with Crippen LogP contribution in [0.4, 0.5) is 0 Å². The zero-order valence-corrected chi connectivity index (χ0v) is 9.71. The van der Waals surface area contributed by atoms with E-state index in [1.165, 1.54) is 0 Å². The summed E-state index contributed by atoms with van der Waals surface area (Å²) in [6, 6.07) is 0.285. The highest BCUT2D eigenvalue weighted by molar-refractivity contribution is 7.97. The molecule has 1 aliphatic heterocycles. The van der Waals surface area contributed by atoms with Crippen molar-refractivity contribution in [3.05, 3.63) is 11.7 Å². The van der Waals surface area contributed by atoms with Gasteiger partial charge in [-0.15, -0.1) is 0 Å². The molecule has 2 atom stereocenters. The van der Waals surface area contributed by atoms with Crippen molar-refractivity contribution < 1.29 is 9.26 Å². The van der Waals surface area contributed by atoms with Gasteiger partial charge >= 0.3 is 0 Å². The lowest BCUT2D eigenvalue weighted by Crippen LogP contribution is -2.31. The van der Waals surface area contributed by atoms with Gasteiger partial charge in [0.15, 0.2) is 5.82 Å². The van der Waals surface area contributed by atoms with Gasteiger partial charge in [-0.3, -0.25) is 0 Å². The highest BCUT2D eigenvalue weighted by Crippen LogP contribution is 2.24. The molecule has 1 aliphatic rings. The van der Waals surface area contributed by atoms with Crippen LogP contribution in [0, 0.1) is 0 Å². The van der Waals surface area contributed by atoms with E-state index in [4.69, 9.17) is 9.26 Å². The molecule has 1 aromatic rings. The van der Waals surface area contributed by atoms with Crippen molar-refractivity contribution in [3.8, 4) is 0 Å². The van der Waals surface area contributed by atoms with Crippen molar-refractivity contribution in [2.45, 2.75) is 17.7 Å². The van der Waals surface area contributed by atoms with Gasteiger partial charge in [-0.05, 0) is 13.3 Å². The quantitative estimate of drug-likeness (QED) is 0.817. The van der Waals surface area contributed by atoms with E-state index >= 15 is 0 Å². The van der Waals surface area contributed by atoms with Crippen LogP contribution < -0.4 is 5.32 Å². The van der Waals surface area contributed by atoms with E-state index < -0.39 is 0 Å². The van der Waals surface area contributed by atoms with E-state index in [0.717, 1.165) is 11.6 Å². The minimum atomic E-state index is 0.193. The summed E-state index contributed by atoms with van der Waals surface area (Å²) < 4.78 is 10.6. The Kier molecular flexibility index (Phi) is 3.61. The molecule has 0 aromatic carbocycles. The molecule has 0 saturated carbocycles. The number of thioether (sulfide) groups is 1. The molecule has 1 N–H and O–H groups in total. The third kappa shape index (κ3) is 2.32.